The Morgan fingerprint density at radius 3 is 2.04 bits per heavy atom. The molecule has 0 aliphatic carbocycles. The van der Waals surface area contributed by atoms with Gasteiger partial charge in [0.15, 0.2) is 0 Å². The molecule has 0 saturated carbocycles. The normalized spacial score (nSPS) is 12.7. The molecule has 5 nitrogen and oxygen atoms in total. The molecule has 2 aromatic rings. The molecule has 0 radical (unpaired) electrons. The lowest BCUT2D eigenvalue weighted by Crippen LogP contribution is -2.40. The van der Waals surface area contributed by atoms with Gasteiger partial charge in [-0.1, -0.05) is 48.5 Å². The Bertz CT molecular complexity index is 728. The molecule has 2 atom stereocenters. The van der Waals surface area contributed by atoms with Gasteiger partial charge in [-0.05, 0) is 31.5 Å². The predicted molar refractivity (Wildman–Crippen MR) is 93.9 cm³/mol. The molecule has 1 amide bonds. The average Bonchev–Trinajstić information content (AvgIpc) is 2.62. The molecule has 130 valence electrons. The van der Waals surface area contributed by atoms with E-state index in [1.54, 1.807) is 55.5 Å². The first kappa shape index (κ1) is 18.4. The number of ether oxygens (including phenoxy) is 1. The molecule has 1 N–H and O–H groups in total. The van der Waals surface area contributed by atoms with Crippen LogP contribution in [0.2, 0.25) is 0 Å². The van der Waals surface area contributed by atoms with Crippen molar-refractivity contribution in [3.63, 3.8) is 0 Å². The molecule has 2 aromatic carbocycles. The van der Waals surface area contributed by atoms with Crippen LogP contribution in [0.15, 0.2) is 60.7 Å². The number of amides is 1. The van der Waals surface area contributed by atoms with Crippen LogP contribution < -0.4 is 5.32 Å². The van der Waals surface area contributed by atoms with Gasteiger partial charge in [-0.2, -0.15) is 0 Å². The van der Waals surface area contributed by atoms with Gasteiger partial charge in [-0.3, -0.25) is 14.4 Å². The van der Waals surface area contributed by atoms with Crippen LogP contribution in [0, 0.1) is 5.92 Å². The molecule has 0 bridgehead atoms. The summed E-state index contributed by atoms with van der Waals surface area (Å²) in [6.45, 7) is 3.16. The second-order valence-corrected chi connectivity index (χ2v) is 5.57. The minimum absolute atomic E-state index is 0.163. The number of ketones is 1. The molecule has 5 heteroatoms. The summed E-state index contributed by atoms with van der Waals surface area (Å²) in [5.41, 5.74) is 1.12. The van der Waals surface area contributed by atoms with E-state index in [0.29, 0.717) is 11.1 Å². The highest BCUT2D eigenvalue weighted by Gasteiger charge is 2.36. The molecular formula is C20H21NO4. The Kier molecular flexibility index (Phi) is 6.46. The zero-order chi connectivity index (χ0) is 18.2. The predicted octanol–water partition coefficient (Wildman–Crippen LogP) is 2.93. The Morgan fingerprint density at radius 2 is 1.52 bits per heavy atom. The highest BCUT2D eigenvalue weighted by molar-refractivity contribution is 6.00. The van der Waals surface area contributed by atoms with Crippen LogP contribution in [0.3, 0.4) is 0 Å². The van der Waals surface area contributed by atoms with Crippen molar-refractivity contribution in [1.82, 2.24) is 5.32 Å². The fourth-order valence-electron chi connectivity index (χ4n) is 2.60. The molecule has 0 heterocycles. The summed E-state index contributed by atoms with van der Waals surface area (Å²) in [5, 5.41) is 2.81. The maximum Gasteiger partial charge on any atom is 0.318 e. The minimum atomic E-state index is -1.10. The van der Waals surface area contributed by atoms with Crippen LogP contribution in [0.1, 0.15) is 35.8 Å². The Hall–Kier alpha value is -2.95. The van der Waals surface area contributed by atoms with Crippen LogP contribution in [-0.4, -0.2) is 24.3 Å². The molecule has 0 fully saturated rings. The van der Waals surface area contributed by atoms with Gasteiger partial charge in [-0.25, -0.2) is 0 Å². The highest BCUT2D eigenvalue weighted by atomic mass is 16.5. The van der Waals surface area contributed by atoms with E-state index in [2.05, 4.69) is 5.32 Å². The lowest BCUT2D eigenvalue weighted by molar-refractivity contribution is -0.152. The maximum atomic E-state index is 12.6. The van der Waals surface area contributed by atoms with E-state index in [-0.39, 0.29) is 18.3 Å². The van der Waals surface area contributed by atoms with Crippen molar-refractivity contribution in [2.45, 2.75) is 19.9 Å². The first-order valence-corrected chi connectivity index (χ1v) is 8.12. The van der Waals surface area contributed by atoms with Gasteiger partial charge in [0.1, 0.15) is 11.7 Å². The van der Waals surface area contributed by atoms with Crippen LogP contribution in [0.25, 0.3) is 0 Å². The molecule has 0 saturated heterocycles. The van der Waals surface area contributed by atoms with E-state index in [9.17, 15) is 14.4 Å². The number of esters is 1. The standard InChI is InChI=1S/C20H21NO4/c1-3-25-20(24)17(14(2)22)18(15-10-6-4-7-11-15)21-19(23)16-12-8-5-9-13-16/h4-13,17-18H,3H2,1-2H3,(H,21,23). The third-order valence-electron chi connectivity index (χ3n) is 3.79. The Morgan fingerprint density at radius 1 is 0.960 bits per heavy atom. The van der Waals surface area contributed by atoms with E-state index < -0.39 is 17.9 Å². The number of carbonyl (C=O) groups excluding carboxylic acids is 3. The van der Waals surface area contributed by atoms with E-state index in [1.807, 2.05) is 12.1 Å². The molecule has 0 aliphatic rings. The van der Waals surface area contributed by atoms with Gasteiger partial charge in [0.2, 0.25) is 0 Å². The number of hydrogen-bond acceptors (Lipinski definition) is 4. The van der Waals surface area contributed by atoms with Gasteiger partial charge >= 0.3 is 5.97 Å². The van der Waals surface area contributed by atoms with Crippen molar-refractivity contribution < 1.29 is 19.1 Å². The number of Topliss-reactive ketones (excluding diaryl/α,β-unsaturated/α-hetero) is 1. The summed E-state index contributed by atoms with van der Waals surface area (Å²) in [5.74, 6) is -2.46. The molecule has 2 rings (SSSR count). The number of carbonyl (C=O) groups is 3. The lowest BCUT2D eigenvalue weighted by Gasteiger charge is -2.25. The molecule has 2 unspecified atom stereocenters. The zero-order valence-electron chi connectivity index (χ0n) is 14.3. The number of benzene rings is 2. The summed E-state index contributed by atoms with van der Waals surface area (Å²) in [4.78, 5) is 37.0. The Labute approximate surface area is 147 Å². The maximum absolute atomic E-state index is 12.6. The van der Waals surface area contributed by atoms with Crippen LogP contribution in [-0.2, 0) is 14.3 Å². The average molecular weight is 339 g/mol. The molecular weight excluding hydrogens is 318 g/mol. The monoisotopic (exact) mass is 339 g/mol. The topological polar surface area (TPSA) is 72.5 Å². The second-order valence-electron chi connectivity index (χ2n) is 5.57. The van der Waals surface area contributed by atoms with Crippen molar-refractivity contribution in [3.8, 4) is 0 Å². The van der Waals surface area contributed by atoms with Gasteiger partial charge in [0.05, 0.1) is 12.6 Å². The second kappa shape index (κ2) is 8.78. The van der Waals surface area contributed by atoms with E-state index >= 15 is 0 Å². The van der Waals surface area contributed by atoms with Gasteiger partial charge in [-0.15, -0.1) is 0 Å². The summed E-state index contributed by atoms with van der Waals surface area (Å²) >= 11 is 0. The summed E-state index contributed by atoms with van der Waals surface area (Å²) in [6.07, 6.45) is 0. The summed E-state index contributed by atoms with van der Waals surface area (Å²) in [7, 11) is 0. The first-order chi connectivity index (χ1) is 12.0. The highest BCUT2D eigenvalue weighted by Crippen LogP contribution is 2.25. The third-order valence-corrected chi connectivity index (χ3v) is 3.79. The van der Waals surface area contributed by atoms with Crippen molar-refractivity contribution in [2.24, 2.45) is 5.92 Å². The summed E-state index contributed by atoms with van der Waals surface area (Å²) < 4.78 is 5.04. The van der Waals surface area contributed by atoms with Gasteiger partial charge in [0, 0.05) is 5.56 Å². The summed E-state index contributed by atoms with van der Waals surface area (Å²) in [6, 6.07) is 16.8. The van der Waals surface area contributed by atoms with Crippen LogP contribution >= 0.6 is 0 Å². The van der Waals surface area contributed by atoms with Crippen molar-refractivity contribution >= 4 is 17.7 Å². The number of nitrogens with one attached hydrogen (secondary N) is 1. The molecule has 0 aliphatic heterocycles. The fourth-order valence-corrected chi connectivity index (χ4v) is 2.60. The van der Waals surface area contributed by atoms with E-state index in [0.717, 1.165) is 0 Å². The molecule has 25 heavy (non-hydrogen) atoms. The van der Waals surface area contributed by atoms with Crippen LogP contribution in [0.4, 0.5) is 0 Å². The first-order valence-electron chi connectivity index (χ1n) is 8.12. The molecule has 0 aromatic heterocycles. The van der Waals surface area contributed by atoms with Gasteiger partial charge < -0.3 is 10.1 Å². The van der Waals surface area contributed by atoms with E-state index in [1.165, 1.54) is 6.92 Å². The van der Waals surface area contributed by atoms with Crippen LogP contribution in [0.5, 0.6) is 0 Å². The van der Waals surface area contributed by atoms with E-state index in [4.69, 9.17) is 4.74 Å². The smallest absolute Gasteiger partial charge is 0.318 e. The van der Waals surface area contributed by atoms with Crippen molar-refractivity contribution in [2.75, 3.05) is 6.61 Å². The van der Waals surface area contributed by atoms with Crippen molar-refractivity contribution in [1.29, 1.82) is 0 Å². The largest absolute Gasteiger partial charge is 0.465 e. The van der Waals surface area contributed by atoms with Gasteiger partial charge in [0.25, 0.3) is 5.91 Å². The number of hydrogen-bond donors (Lipinski definition) is 1. The third kappa shape index (κ3) is 4.76. The lowest BCUT2D eigenvalue weighted by atomic mass is 9.89. The molecule has 0 spiro atoms. The minimum Gasteiger partial charge on any atom is -0.465 e. The Balaban J connectivity index is 2.37. The SMILES string of the molecule is CCOC(=O)C(C(C)=O)C(NC(=O)c1ccccc1)c1ccccc1. The van der Waals surface area contributed by atoms with Crippen molar-refractivity contribution in [3.05, 3.63) is 71.8 Å². The quantitative estimate of drug-likeness (QED) is 0.622. The number of rotatable bonds is 7. The zero-order valence-corrected chi connectivity index (χ0v) is 14.3. The fraction of sp³-hybridized carbons (Fsp3) is 0.250.